The van der Waals surface area contributed by atoms with Crippen molar-refractivity contribution in [2.75, 3.05) is 6.54 Å². The molecular weight excluding hydrogens is 368 g/mol. The number of rotatable bonds is 7. The minimum absolute atomic E-state index is 0.00567. The van der Waals surface area contributed by atoms with Crippen LogP contribution in [0.2, 0.25) is 0 Å². The number of pyridine rings is 1. The molecule has 0 aliphatic rings. The van der Waals surface area contributed by atoms with Crippen molar-refractivity contribution in [2.24, 2.45) is 0 Å². The first-order chi connectivity index (χ1) is 13.8. The third kappa shape index (κ3) is 4.23. The van der Waals surface area contributed by atoms with Gasteiger partial charge in [0.25, 0.3) is 0 Å². The maximum atomic E-state index is 13.0. The van der Waals surface area contributed by atoms with Gasteiger partial charge in [0, 0.05) is 24.1 Å². The van der Waals surface area contributed by atoms with Crippen LogP contribution in [-0.2, 0) is 11.2 Å². The zero-order valence-electron chi connectivity index (χ0n) is 15.2. The molecule has 4 aromatic rings. The quantitative estimate of drug-likeness (QED) is 0.488. The van der Waals surface area contributed by atoms with E-state index in [1.807, 2.05) is 89.5 Å². The van der Waals surface area contributed by atoms with E-state index in [1.165, 1.54) is 0 Å². The smallest absolute Gasteiger partial charge is 0.238 e. The Labute approximate surface area is 167 Å². The number of amides is 1. The van der Waals surface area contributed by atoms with Crippen LogP contribution in [0.5, 0.6) is 0 Å². The first-order valence-corrected chi connectivity index (χ1v) is 10.0. The number of hydrogen-bond acceptors (Lipinski definition) is 4. The number of benzene rings is 2. The molecule has 1 N–H and O–H groups in total. The molecule has 0 aliphatic carbocycles. The predicted molar refractivity (Wildman–Crippen MR) is 111 cm³/mol. The van der Waals surface area contributed by atoms with E-state index in [0.717, 1.165) is 21.9 Å². The van der Waals surface area contributed by atoms with Crippen molar-refractivity contribution < 1.29 is 4.79 Å². The Balaban J connectivity index is 1.45. The second-order valence-corrected chi connectivity index (χ2v) is 7.49. The summed E-state index contributed by atoms with van der Waals surface area (Å²) in [6.45, 7) is 0.507. The number of hydrogen-bond donors (Lipinski definition) is 1. The summed E-state index contributed by atoms with van der Waals surface area (Å²) in [5, 5.41) is 11.1. The van der Waals surface area contributed by atoms with E-state index < -0.39 is 0 Å². The molecule has 2 aromatic carbocycles. The van der Waals surface area contributed by atoms with Crippen molar-refractivity contribution >= 4 is 23.3 Å². The van der Waals surface area contributed by atoms with Gasteiger partial charge in [-0.25, -0.2) is 0 Å². The lowest BCUT2D eigenvalue weighted by Crippen LogP contribution is -2.30. The number of carbonyl (C=O) groups excluding carboxylic acids is 1. The molecule has 6 heteroatoms. The van der Waals surface area contributed by atoms with Gasteiger partial charge in [0.15, 0.2) is 5.65 Å². The van der Waals surface area contributed by atoms with Gasteiger partial charge in [-0.2, -0.15) is 0 Å². The molecule has 0 saturated carbocycles. The van der Waals surface area contributed by atoms with Gasteiger partial charge in [0.1, 0.15) is 11.1 Å². The molecule has 5 nitrogen and oxygen atoms in total. The number of nitrogens with one attached hydrogen (secondary N) is 1. The molecule has 0 aliphatic heterocycles. The van der Waals surface area contributed by atoms with E-state index in [9.17, 15) is 4.79 Å². The van der Waals surface area contributed by atoms with Crippen molar-refractivity contribution in [1.29, 1.82) is 0 Å². The Bertz CT molecular complexity index is 1050. The average molecular weight is 388 g/mol. The minimum atomic E-state index is -0.307. The number of nitrogens with zero attached hydrogens (tertiary/aromatic N) is 3. The van der Waals surface area contributed by atoms with Gasteiger partial charge in [-0.3, -0.25) is 9.20 Å². The van der Waals surface area contributed by atoms with Gasteiger partial charge in [0.2, 0.25) is 5.91 Å². The molecule has 140 valence electrons. The first-order valence-electron chi connectivity index (χ1n) is 9.14. The summed E-state index contributed by atoms with van der Waals surface area (Å²) in [5.74, 6) is 0.830. The molecule has 4 rings (SSSR count). The number of thioether (sulfide) groups is 1. The maximum absolute atomic E-state index is 13.0. The number of fused-ring (bicyclic) bond motifs is 1. The molecule has 0 unspecified atom stereocenters. The first kappa shape index (κ1) is 18.3. The Morgan fingerprint density at radius 2 is 1.64 bits per heavy atom. The zero-order chi connectivity index (χ0) is 19.2. The largest absolute Gasteiger partial charge is 0.354 e. The second-order valence-electron chi connectivity index (χ2n) is 6.31. The lowest BCUT2D eigenvalue weighted by molar-refractivity contribution is -0.120. The Hall–Kier alpha value is -3.12. The van der Waals surface area contributed by atoms with E-state index in [1.54, 1.807) is 11.8 Å². The highest BCUT2D eigenvalue weighted by molar-refractivity contribution is 8.00. The Morgan fingerprint density at radius 1 is 0.929 bits per heavy atom. The zero-order valence-corrected chi connectivity index (χ0v) is 16.0. The molecule has 0 radical (unpaired) electrons. The molecular formula is C22H20N4OS. The van der Waals surface area contributed by atoms with Gasteiger partial charge in [0.05, 0.1) is 0 Å². The molecule has 2 aromatic heterocycles. The fourth-order valence-corrected chi connectivity index (χ4v) is 4.06. The number of carbonyl (C=O) groups is 1. The van der Waals surface area contributed by atoms with Crippen molar-refractivity contribution in [3.63, 3.8) is 0 Å². The normalized spacial score (nSPS) is 12.0. The van der Waals surface area contributed by atoms with Crippen LogP contribution in [0.1, 0.15) is 16.6 Å². The summed E-state index contributed by atoms with van der Waals surface area (Å²) in [5.41, 5.74) is 1.80. The van der Waals surface area contributed by atoms with E-state index in [2.05, 4.69) is 15.5 Å². The molecule has 28 heavy (non-hydrogen) atoms. The van der Waals surface area contributed by atoms with Crippen LogP contribution in [0.4, 0.5) is 0 Å². The highest BCUT2D eigenvalue weighted by Gasteiger charge is 2.21. The summed E-state index contributed by atoms with van der Waals surface area (Å²) in [7, 11) is 0. The third-order valence-electron chi connectivity index (χ3n) is 4.37. The molecule has 1 amide bonds. The maximum Gasteiger partial charge on any atom is 0.238 e. The fraction of sp³-hybridized carbons (Fsp3) is 0.136. The van der Waals surface area contributed by atoms with Gasteiger partial charge in [-0.05, 0) is 29.8 Å². The topological polar surface area (TPSA) is 59.3 Å². The van der Waals surface area contributed by atoms with E-state index in [4.69, 9.17) is 0 Å². The third-order valence-corrected chi connectivity index (χ3v) is 5.64. The highest BCUT2D eigenvalue weighted by atomic mass is 32.2. The van der Waals surface area contributed by atoms with Crippen LogP contribution in [0.15, 0.2) is 90.0 Å². The Morgan fingerprint density at radius 3 is 2.43 bits per heavy atom. The van der Waals surface area contributed by atoms with Crippen molar-refractivity contribution in [1.82, 2.24) is 19.9 Å². The van der Waals surface area contributed by atoms with Crippen molar-refractivity contribution in [3.8, 4) is 0 Å². The summed E-state index contributed by atoms with van der Waals surface area (Å²) in [6, 6.07) is 25.7. The summed E-state index contributed by atoms with van der Waals surface area (Å²) < 4.78 is 1.94. The van der Waals surface area contributed by atoms with Crippen LogP contribution >= 0.6 is 11.8 Å². The summed E-state index contributed by atoms with van der Waals surface area (Å²) in [4.78, 5) is 14.0. The van der Waals surface area contributed by atoms with Crippen LogP contribution < -0.4 is 5.32 Å². The standard InChI is InChI=1S/C22H20N4OS/c27-22(23-15-14-20-25-24-19-13-7-8-16-26(19)20)21(17-9-3-1-4-10-17)28-18-11-5-2-6-12-18/h1-13,16,21H,14-15H2,(H,23,27)/t21-/m1/s1. The second kappa shape index (κ2) is 8.71. The highest BCUT2D eigenvalue weighted by Crippen LogP contribution is 2.35. The monoisotopic (exact) mass is 388 g/mol. The van der Waals surface area contributed by atoms with Crippen LogP contribution in [0.3, 0.4) is 0 Å². The van der Waals surface area contributed by atoms with E-state index in [0.29, 0.717) is 13.0 Å². The number of aromatic nitrogens is 3. The summed E-state index contributed by atoms with van der Waals surface area (Å²) in [6.07, 6.45) is 2.55. The molecule has 0 bridgehead atoms. The minimum Gasteiger partial charge on any atom is -0.354 e. The lowest BCUT2D eigenvalue weighted by Gasteiger charge is -2.17. The summed E-state index contributed by atoms with van der Waals surface area (Å²) >= 11 is 1.56. The fourth-order valence-electron chi connectivity index (χ4n) is 2.99. The van der Waals surface area contributed by atoms with Crippen LogP contribution in [0.25, 0.3) is 5.65 Å². The van der Waals surface area contributed by atoms with Crippen molar-refractivity contribution in [2.45, 2.75) is 16.6 Å². The van der Waals surface area contributed by atoms with Crippen LogP contribution in [0, 0.1) is 0 Å². The van der Waals surface area contributed by atoms with Gasteiger partial charge in [-0.1, -0.05) is 54.6 Å². The SMILES string of the molecule is O=C(NCCc1nnc2ccccn12)[C@H](Sc1ccccc1)c1ccccc1. The van der Waals surface area contributed by atoms with Crippen LogP contribution in [-0.4, -0.2) is 27.0 Å². The molecule has 0 saturated heterocycles. The predicted octanol–water partition coefficient (Wildman–Crippen LogP) is 3.92. The molecule has 0 fully saturated rings. The molecule has 1 atom stereocenters. The Kier molecular flexibility index (Phi) is 5.68. The van der Waals surface area contributed by atoms with Gasteiger partial charge in [-0.15, -0.1) is 22.0 Å². The van der Waals surface area contributed by atoms with E-state index in [-0.39, 0.29) is 11.2 Å². The lowest BCUT2D eigenvalue weighted by atomic mass is 10.1. The van der Waals surface area contributed by atoms with Gasteiger partial charge >= 0.3 is 0 Å². The molecule has 0 spiro atoms. The average Bonchev–Trinajstić information content (AvgIpc) is 3.16. The van der Waals surface area contributed by atoms with Gasteiger partial charge < -0.3 is 5.32 Å². The van der Waals surface area contributed by atoms with Crippen molar-refractivity contribution in [3.05, 3.63) is 96.4 Å². The van der Waals surface area contributed by atoms with E-state index >= 15 is 0 Å². The molecule has 2 heterocycles.